The largest absolute Gasteiger partial charge is 0.299 e. The maximum absolute atomic E-state index is 5.10. The fraction of sp³-hybridized carbons (Fsp3) is 1.00. The second-order valence-corrected chi connectivity index (χ2v) is 2.91. The Hall–Kier alpha value is -0.0800. The molecule has 2 heteroatoms. The summed E-state index contributed by atoms with van der Waals surface area (Å²) in [4.78, 5) is 5.10. The van der Waals surface area contributed by atoms with Gasteiger partial charge in [-0.25, -0.2) is 5.48 Å². The Morgan fingerprint density at radius 1 is 1.22 bits per heavy atom. The Bertz CT molecular complexity index is 53.9. The van der Waals surface area contributed by atoms with Gasteiger partial charge < -0.3 is 0 Å². The summed E-state index contributed by atoms with van der Waals surface area (Å²) in [6, 6.07) is 0. The number of hydrogen-bond acceptors (Lipinski definition) is 2. The molecule has 0 bridgehead atoms. The summed E-state index contributed by atoms with van der Waals surface area (Å²) >= 11 is 0. The van der Waals surface area contributed by atoms with Crippen molar-refractivity contribution in [1.29, 1.82) is 0 Å². The first-order chi connectivity index (χ1) is 4.13. The van der Waals surface area contributed by atoms with Gasteiger partial charge in [-0.05, 0) is 19.8 Å². The molecule has 0 atom stereocenters. The summed E-state index contributed by atoms with van der Waals surface area (Å²) in [5.41, 5.74) is 2.88. The summed E-state index contributed by atoms with van der Waals surface area (Å²) in [7, 11) is 0. The molecule has 0 aromatic heterocycles. The van der Waals surface area contributed by atoms with E-state index in [4.69, 9.17) is 4.84 Å². The molecule has 0 amide bonds. The maximum Gasteiger partial charge on any atom is 0.0734 e. The zero-order chi connectivity index (χ0) is 7.28. The van der Waals surface area contributed by atoms with Gasteiger partial charge in [-0.15, -0.1) is 0 Å². The molecular formula is C7H17NO. The monoisotopic (exact) mass is 131 g/mol. The highest BCUT2D eigenvalue weighted by Gasteiger charge is 1.93. The number of nitrogens with one attached hydrogen (secondary N) is 1. The molecule has 0 aliphatic rings. The van der Waals surface area contributed by atoms with Crippen molar-refractivity contribution in [1.82, 2.24) is 5.48 Å². The van der Waals surface area contributed by atoms with E-state index in [1.165, 1.54) is 0 Å². The molecular weight excluding hydrogens is 114 g/mol. The first-order valence-electron chi connectivity index (χ1n) is 3.51. The van der Waals surface area contributed by atoms with Crippen molar-refractivity contribution < 1.29 is 4.84 Å². The van der Waals surface area contributed by atoms with E-state index in [1.807, 2.05) is 13.8 Å². The van der Waals surface area contributed by atoms with Crippen LogP contribution in [0.3, 0.4) is 0 Å². The van der Waals surface area contributed by atoms with Gasteiger partial charge in [0.1, 0.15) is 0 Å². The molecule has 56 valence electrons. The SMILES string of the molecule is CC(C)CNOC(C)C. The van der Waals surface area contributed by atoms with Crippen LogP contribution in [0.2, 0.25) is 0 Å². The van der Waals surface area contributed by atoms with Crippen LogP contribution < -0.4 is 5.48 Å². The van der Waals surface area contributed by atoms with Crippen molar-refractivity contribution >= 4 is 0 Å². The van der Waals surface area contributed by atoms with Crippen LogP contribution in [-0.2, 0) is 4.84 Å². The van der Waals surface area contributed by atoms with Gasteiger partial charge in [0.15, 0.2) is 0 Å². The van der Waals surface area contributed by atoms with Gasteiger partial charge in [-0.2, -0.15) is 0 Å². The van der Waals surface area contributed by atoms with Crippen molar-refractivity contribution in [2.24, 2.45) is 5.92 Å². The molecule has 1 N–H and O–H groups in total. The van der Waals surface area contributed by atoms with Crippen molar-refractivity contribution in [2.45, 2.75) is 33.8 Å². The molecule has 0 radical (unpaired) electrons. The second kappa shape index (κ2) is 4.77. The molecule has 9 heavy (non-hydrogen) atoms. The highest BCUT2D eigenvalue weighted by molar-refractivity contribution is 4.42. The highest BCUT2D eigenvalue weighted by atomic mass is 16.7. The highest BCUT2D eigenvalue weighted by Crippen LogP contribution is 1.88. The van der Waals surface area contributed by atoms with Gasteiger partial charge in [-0.3, -0.25) is 4.84 Å². The van der Waals surface area contributed by atoms with E-state index < -0.39 is 0 Å². The van der Waals surface area contributed by atoms with Crippen LogP contribution in [-0.4, -0.2) is 12.6 Å². The predicted molar refractivity (Wildman–Crippen MR) is 39.1 cm³/mol. The molecule has 0 aliphatic heterocycles. The van der Waals surface area contributed by atoms with E-state index in [0.717, 1.165) is 6.54 Å². The zero-order valence-electron chi connectivity index (χ0n) is 6.77. The third kappa shape index (κ3) is 7.92. The number of hydroxylamine groups is 1. The third-order valence-electron chi connectivity index (χ3n) is 0.811. The fourth-order valence-corrected chi connectivity index (χ4v) is 0.381. The average molecular weight is 131 g/mol. The molecule has 0 aromatic rings. The van der Waals surface area contributed by atoms with Crippen LogP contribution in [0.5, 0.6) is 0 Å². The quantitative estimate of drug-likeness (QED) is 0.585. The minimum Gasteiger partial charge on any atom is -0.299 e. The minimum absolute atomic E-state index is 0.281. The first kappa shape index (κ1) is 8.92. The molecule has 0 spiro atoms. The summed E-state index contributed by atoms with van der Waals surface area (Å²) in [5.74, 6) is 0.656. The molecule has 0 fully saturated rings. The van der Waals surface area contributed by atoms with Crippen LogP contribution in [0.1, 0.15) is 27.7 Å². The standard InChI is InChI=1S/C7H17NO/c1-6(2)5-8-9-7(3)4/h6-8H,5H2,1-4H3. The Balaban J connectivity index is 2.91. The molecule has 0 rings (SSSR count). The summed E-state index contributed by atoms with van der Waals surface area (Å²) < 4.78 is 0. The van der Waals surface area contributed by atoms with Gasteiger partial charge in [0.25, 0.3) is 0 Å². The van der Waals surface area contributed by atoms with Crippen molar-refractivity contribution in [2.75, 3.05) is 6.54 Å². The van der Waals surface area contributed by atoms with Crippen molar-refractivity contribution in [3.63, 3.8) is 0 Å². The predicted octanol–water partition coefficient (Wildman–Crippen LogP) is 1.57. The van der Waals surface area contributed by atoms with Crippen LogP contribution in [0.15, 0.2) is 0 Å². The molecule has 0 saturated carbocycles. The average Bonchev–Trinajstić information content (AvgIpc) is 1.63. The second-order valence-electron chi connectivity index (χ2n) is 2.91. The van der Waals surface area contributed by atoms with Crippen molar-refractivity contribution in [3.05, 3.63) is 0 Å². The van der Waals surface area contributed by atoms with Crippen molar-refractivity contribution in [3.8, 4) is 0 Å². The van der Waals surface area contributed by atoms with E-state index in [-0.39, 0.29) is 6.10 Å². The van der Waals surface area contributed by atoms with E-state index in [1.54, 1.807) is 0 Å². The van der Waals surface area contributed by atoms with Gasteiger partial charge in [0.2, 0.25) is 0 Å². The maximum atomic E-state index is 5.10. The molecule has 0 aliphatic carbocycles. The topological polar surface area (TPSA) is 21.3 Å². The molecule has 0 unspecified atom stereocenters. The summed E-state index contributed by atoms with van der Waals surface area (Å²) in [5, 5.41) is 0. The summed E-state index contributed by atoms with van der Waals surface area (Å²) in [6.45, 7) is 9.24. The fourth-order valence-electron chi connectivity index (χ4n) is 0.381. The van der Waals surface area contributed by atoms with Crippen LogP contribution in [0.25, 0.3) is 0 Å². The lowest BCUT2D eigenvalue weighted by atomic mass is 10.2. The first-order valence-corrected chi connectivity index (χ1v) is 3.51. The van der Waals surface area contributed by atoms with E-state index >= 15 is 0 Å². The van der Waals surface area contributed by atoms with Crippen LogP contribution >= 0.6 is 0 Å². The molecule has 2 nitrogen and oxygen atoms in total. The zero-order valence-corrected chi connectivity index (χ0v) is 6.77. The lowest BCUT2D eigenvalue weighted by molar-refractivity contribution is -0.00957. The van der Waals surface area contributed by atoms with Gasteiger partial charge in [0.05, 0.1) is 6.10 Å². The lowest BCUT2D eigenvalue weighted by Crippen LogP contribution is -2.23. The van der Waals surface area contributed by atoms with Crippen LogP contribution in [0.4, 0.5) is 0 Å². The smallest absolute Gasteiger partial charge is 0.0734 e. The minimum atomic E-state index is 0.281. The molecule has 0 saturated heterocycles. The third-order valence-corrected chi connectivity index (χ3v) is 0.811. The molecule has 0 aromatic carbocycles. The molecule has 0 heterocycles. The Kier molecular flexibility index (Phi) is 4.72. The number of hydrogen-bond donors (Lipinski definition) is 1. The van der Waals surface area contributed by atoms with Gasteiger partial charge in [0, 0.05) is 6.54 Å². The van der Waals surface area contributed by atoms with Gasteiger partial charge >= 0.3 is 0 Å². The Labute approximate surface area is 57.5 Å². The van der Waals surface area contributed by atoms with E-state index in [0.29, 0.717) is 5.92 Å². The summed E-state index contributed by atoms with van der Waals surface area (Å²) in [6.07, 6.45) is 0.281. The normalized spacial score (nSPS) is 11.3. The van der Waals surface area contributed by atoms with E-state index in [2.05, 4.69) is 19.3 Å². The van der Waals surface area contributed by atoms with Crippen LogP contribution in [0, 0.1) is 5.92 Å². The lowest BCUT2D eigenvalue weighted by Gasteiger charge is -2.09. The van der Waals surface area contributed by atoms with E-state index in [9.17, 15) is 0 Å². The Morgan fingerprint density at radius 2 is 1.78 bits per heavy atom. The van der Waals surface area contributed by atoms with Gasteiger partial charge in [-0.1, -0.05) is 13.8 Å². The Morgan fingerprint density at radius 3 is 2.11 bits per heavy atom. The number of rotatable bonds is 4.